The second-order valence-electron chi connectivity index (χ2n) is 7.30. The first-order chi connectivity index (χ1) is 13.5. The molecule has 7 heteroatoms. The molecule has 3 rings (SSSR count). The van der Waals surface area contributed by atoms with Gasteiger partial charge in [-0.05, 0) is 56.8 Å². The molecule has 2 heterocycles. The Morgan fingerprint density at radius 3 is 2.82 bits per heavy atom. The highest BCUT2D eigenvalue weighted by atomic mass is 16.3. The minimum absolute atomic E-state index is 0.0443. The highest BCUT2D eigenvalue weighted by molar-refractivity contribution is 5.89. The molecule has 3 amide bonds. The maximum atomic E-state index is 12.3. The molecule has 0 spiro atoms. The van der Waals surface area contributed by atoms with Crippen LogP contribution in [-0.2, 0) is 11.3 Å². The van der Waals surface area contributed by atoms with Crippen LogP contribution in [0.1, 0.15) is 36.6 Å². The third-order valence-electron chi connectivity index (χ3n) is 4.93. The van der Waals surface area contributed by atoms with Gasteiger partial charge in [0, 0.05) is 31.7 Å². The maximum absolute atomic E-state index is 12.3. The van der Waals surface area contributed by atoms with Crippen LogP contribution >= 0.6 is 0 Å². The van der Waals surface area contributed by atoms with E-state index in [-0.39, 0.29) is 18.0 Å². The molecule has 0 saturated carbocycles. The first-order valence-electron chi connectivity index (χ1n) is 9.64. The molecule has 1 saturated heterocycles. The van der Waals surface area contributed by atoms with Gasteiger partial charge in [-0.15, -0.1) is 0 Å². The smallest absolute Gasteiger partial charge is 0.319 e. The molecule has 150 valence electrons. The zero-order valence-electron chi connectivity index (χ0n) is 16.5. The van der Waals surface area contributed by atoms with Crippen molar-refractivity contribution in [3.8, 4) is 0 Å². The lowest BCUT2D eigenvalue weighted by Crippen LogP contribution is -2.36. The molecule has 1 aromatic carbocycles. The molecule has 7 nitrogen and oxygen atoms in total. The molecule has 1 atom stereocenters. The van der Waals surface area contributed by atoms with E-state index in [2.05, 4.69) is 10.6 Å². The molecule has 1 aromatic heterocycles. The Morgan fingerprint density at radius 2 is 2.11 bits per heavy atom. The number of anilines is 1. The van der Waals surface area contributed by atoms with Gasteiger partial charge in [0.2, 0.25) is 5.91 Å². The zero-order valence-corrected chi connectivity index (χ0v) is 16.5. The Bertz CT molecular complexity index is 789. The number of rotatable bonds is 7. The summed E-state index contributed by atoms with van der Waals surface area (Å²) in [4.78, 5) is 28.2. The van der Waals surface area contributed by atoms with Gasteiger partial charge >= 0.3 is 6.03 Å². The molecular formula is C21H28N4O3. The van der Waals surface area contributed by atoms with Crippen LogP contribution in [0.25, 0.3) is 0 Å². The number of likely N-dealkylation sites (N-methyl/N-ethyl adjacent to an activating group) is 1. The molecule has 0 aliphatic carbocycles. The van der Waals surface area contributed by atoms with Gasteiger partial charge in [-0.1, -0.05) is 12.1 Å². The van der Waals surface area contributed by atoms with Crippen molar-refractivity contribution in [1.29, 1.82) is 0 Å². The van der Waals surface area contributed by atoms with E-state index in [0.717, 1.165) is 30.7 Å². The summed E-state index contributed by atoms with van der Waals surface area (Å²) in [6.07, 6.45) is 4.28. The molecule has 0 bridgehead atoms. The van der Waals surface area contributed by atoms with E-state index in [1.165, 1.54) is 0 Å². The third-order valence-corrected chi connectivity index (χ3v) is 4.93. The third kappa shape index (κ3) is 5.36. The van der Waals surface area contributed by atoms with Gasteiger partial charge in [-0.25, -0.2) is 4.79 Å². The first-order valence-corrected chi connectivity index (χ1v) is 9.64. The molecule has 1 unspecified atom stereocenters. The number of hydrogen-bond acceptors (Lipinski definition) is 4. The summed E-state index contributed by atoms with van der Waals surface area (Å²) in [7, 11) is 3.89. The largest absolute Gasteiger partial charge is 0.468 e. The van der Waals surface area contributed by atoms with Gasteiger partial charge in [-0.3, -0.25) is 9.69 Å². The number of nitrogens with zero attached hydrogens (tertiary/aromatic N) is 2. The molecule has 1 aliphatic rings. The van der Waals surface area contributed by atoms with Crippen LogP contribution in [0.4, 0.5) is 10.5 Å². The van der Waals surface area contributed by atoms with Gasteiger partial charge in [0.25, 0.3) is 0 Å². The summed E-state index contributed by atoms with van der Waals surface area (Å²) in [6.45, 7) is 1.81. The van der Waals surface area contributed by atoms with Crippen LogP contribution in [0.2, 0.25) is 0 Å². The monoisotopic (exact) mass is 384 g/mol. The van der Waals surface area contributed by atoms with E-state index in [1.807, 2.05) is 60.3 Å². The van der Waals surface area contributed by atoms with Gasteiger partial charge in [0.05, 0.1) is 12.3 Å². The summed E-state index contributed by atoms with van der Waals surface area (Å²) < 4.78 is 5.46. The number of amides is 3. The summed E-state index contributed by atoms with van der Waals surface area (Å²) in [5, 5.41) is 5.76. The van der Waals surface area contributed by atoms with Crippen molar-refractivity contribution in [3.63, 3.8) is 0 Å². The number of nitrogens with one attached hydrogen (secondary N) is 2. The number of likely N-dealkylation sites (tertiary alicyclic amines) is 1. The molecule has 2 aromatic rings. The minimum atomic E-state index is -0.274. The van der Waals surface area contributed by atoms with E-state index in [9.17, 15) is 9.59 Å². The van der Waals surface area contributed by atoms with Crippen molar-refractivity contribution in [1.82, 2.24) is 15.1 Å². The molecule has 0 radical (unpaired) electrons. The van der Waals surface area contributed by atoms with E-state index >= 15 is 0 Å². The number of piperidine rings is 1. The Kier molecular flexibility index (Phi) is 6.71. The maximum Gasteiger partial charge on any atom is 0.319 e. The SMILES string of the molecule is CN(C)C(CNC(=O)Nc1cccc(CN2CCCCC2=O)c1)c1ccco1. The number of carbonyl (C=O) groups excluding carboxylic acids is 2. The van der Waals surface area contributed by atoms with E-state index in [4.69, 9.17) is 4.42 Å². The van der Waals surface area contributed by atoms with Crippen LogP contribution in [0, 0.1) is 0 Å². The quantitative estimate of drug-likeness (QED) is 0.768. The fourth-order valence-corrected chi connectivity index (χ4v) is 3.38. The Morgan fingerprint density at radius 1 is 1.25 bits per heavy atom. The number of furan rings is 1. The lowest BCUT2D eigenvalue weighted by Gasteiger charge is -2.27. The highest BCUT2D eigenvalue weighted by Gasteiger charge is 2.19. The standard InChI is InChI=1S/C21H28N4O3/c1-24(2)18(19-9-6-12-28-19)14-22-21(27)23-17-8-5-7-16(13-17)15-25-11-4-3-10-20(25)26/h5-9,12-13,18H,3-4,10-11,14-15H2,1-2H3,(H2,22,23,27). The molecule has 2 N–H and O–H groups in total. The lowest BCUT2D eigenvalue weighted by molar-refractivity contribution is -0.133. The fourth-order valence-electron chi connectivity index (χ4n) is 3.38. The molecule has 28 heavy (non-hydrogen) atoms. The average molecular weight is 384 g/mol. The van der Waals surface area contributed by atoms with Gasteiger partial charge in [-0.2, -0.15) is 0 Å². The second kappa shape index (κ2) is 9.41. The van der Waals surface area contributed by atoms with E-state index in [0.29, 0.717) is 25.2 Å². The van der Waals surface area contributed by atoms with Crippen molar-refractivity contribution in [2.24, 2.45) is 0 Å². The number of urea groups is 1. The second-order valence-corrected chi connectivity index (χ2v) is 7.30. The predicted octanol–water partition coefficient (Wildman–Crippen LogP) is 3.22. The van der Waals surface area contributed by atoms with Gasteiger partial charge < -0.3 is 20.0 Å². The highest BCUT2D eigenvalue weighted by Crippen LogP contribution is 2.19. The average Bonchev–Trinajstić information content (AvgIpc) is 3.18. The molecular weight excluding hydrogens is 356 g/mol. The summed E-state index contributed by atoms with van der Waals surface area (Å²) in [5.41, 5.74) is 1.72. The molecule has 1 aliphatic heterocycles. The number of hydrogen-bond donors (Lipinski definition) is 2. The van der Waals surface area contributed by atoms with Gasteiger partial charge in [0.15, 0.2) is 0 Å². The van der Waals surface area contributed by atoms with E-state index in [1.54, 1.807) is 6.26 Å². The van der Waals surface area contributed by atoms with Crippen molar-refractivity contribution < 1.29 is 14.0 Å². The Hall–Kier alpha value is -2.80. The molecule has 1 fully saturated rings. The normalized spacial score (nSPS) is 15.5. The summed E-state index contributed by atoms with van der Waals surface area (Å²) in [5.74, 6) is 1.01. The Balaban J connectivity index is 1.54. The van der Waals surface area contributed by atoms with Crippen LogP contribution in [0.15, 0.2) is 47.1 Å². The van der Waals surface area contributed by atoms with Gasteiger partial charge in [0.1, 0.15) is 5.76 Å². The topological polar surface area (TPSA) is 77.8 Å². The summed E-state index contributed by atoms with van der Waals surface area (Å²) >= 11 is 0. The van der Waals surface area contributed by atoms with Crippen LogP contribution in [-0.4, -0.2) is 48.9 Å². The lowest BCUT2D eigenvalue weighted by atomic mass is 10.1. The summed E-state index contributed by atoms with van der Waals surface area (Å²) in [6, 6.07) is 11.0. The van der Waals surface area contributed by atoms with Crippen molar-refractivity contribution in [3.05, 3.63) is 54.0 Å². The van der Waals surface area contributed by atoms with E-state index < -0.39 is 0 Å². The minimum Gasteiger partial charge on any atom is -0.468 e. The van der Waals surface area contributed by atoms with Crippen LogP contribution < -0.4 is 10.6 Å². The van der Waals surface area contributed by atoms with Crippen molar-refractivity contribution in [2.75, 3.05) is 32.5 Å². The first kappa shape index (κ1) is 19.9. The van der Waals surface area contributed by atoms with Crippen molar-refractivity contribution in [2.45, 2.75) is 31.8 Å². The predicted molar refractivity (Wildman–Crippen MR) is 108 cm³/mol. The van der Waals surface area contributed by atoms with Crippen LogP contribution in [0.3, 0.4) is 0 Å². The number of benzene rings is 1. The number of carbonyl (C=O) groups is 2. The Labute approximate surface area is 165 Å². The zero-order chi connectivity index (χ0) is 19.9. The van der Waals surface area contributed by atoms with Crippen LogP contribution in [0.5, 0.6) is 0 Å². The van der Waals surface area contributed by atoms with Crippen molar-refractivity contribution >= 4 is 17.6 Å². The fraction of sp³-hybridized carbons (Fsp3) is 0.429.